The van der Waals surface area contributed by atoms with Crippen molar-refractivity contribution in [1.29, 1.82) is 0 Å². The lowest BCUT2D eigenvalue weighted by Crippen LogP contribution is -2.49. The third-order valence-corrected chi connectivity index (χ3v) is 4.36. The summed E-state index contributed by atoms with van der Waals surface area (Å²) in [6.45, 7) is 4.37. The maximum atomic E-state index is 13.0. The lowest BCUT2D eigenvalue weighted by atomic mass is 10.0. The van der Waals surface area contributed by atoms with Crippen LogP contribution in [0.1, 0.15) is 45.2 Å². The van der Waals surface area contributed by atoms with Crippen LogP contribution < -0.4 is 10.6 Å². The van der Waals surface area contributed by atoms with Crippen molar-refractivity contribution >= 4 is 23.9 Å². The van der Waals surface area contributed by atoms with E-state index in [1.807, 2.05) is 0 Å². The molecule has 0 saturated heterocycles. The maximum Gasteiger partial charge on any atom is 0.408 e. The van der Waals surface area contributed by atoms with E-state index in [4.69, 9.17) is 4.74 Å². The van der Waals surface area contributed by atoms with Crippen molar-refractivity contribution in [2.24, 2.45) is 0 Å². The van der Waals surface area contributed by atoms with E-state index < -0.39 is 35.5 Å². The second kappa shape index (κ2) is 10.1. The molecule has 170 valence electrons. The Morgan fingerprint density at radius 2 is 1.84 bits per heavy atom. The first-order valence-electron chi connectivity index (χ1n) is 9.93. The molecule has 0 heterocycles. The van der Waals surface area contributed by atoms with Crippen LogP contribution in [0.4, 0.5) is 4.79 Å². The van der Waals surface area contributed by atoms with E-state index in [9.17, 15) is 24.3 Å². The number of esters is 1. The number of carbonyl (C=O) groups is 4. The first kappa shape index (κ1) is 24.0. The van der Waals surface area contributed by atoms with Crippen LogP contribution in [-0.2, 0) is 23.9 Å². The lowest BCUT2D eigenvalue weighted by Gasteiger charge is -2.31. The number of aromatic hydroxyl groups is 1. The number of nitrogens with one attached hydrogen (secondary N) is 2. The molecule has 0 bridgehead atoms. The van der Waals surface area contributed by atoms with Crippen LogP contribution in [-0.4, -0.2) is 65.7 Å². The molecule has 1 saturated carbocycles. The summed E-state index contributed by atoms with van der Waals surface area (Å²) in [5.41, 5.74) is -0.346. The van der Waals surface area contributed by atoms with Crippen molar-refractivity contribution in [3.05, 3.63) is 29.8 Å². The van der Waals surface area contributed by atoms with Gasteiger partial charge in [-0.25, -0.2) is 4.79 Å². The van der Waals surface area contributed by atoms with E-state index in [1.165, 1.54) is 24.1 Å². The molecule has 1 atom stereocenters. The van der Waals surface area contributed by atoms with E-state index in [2.05, 4.69) is 15.4 Å². The Morgan fingerprint density at radius 3 is 2.39 bits per heavy atom. The van der Waals surface area contributed by atoms with E-state index in [1.54, 1.807) is 32.9 Å². The summed E-state index contributed by atoms with van der Waals surface area (Å²) < 4.78 is 9.69. The molecular weight excluding hydrogens is 406 g/mol. The van der Waals surface area contributed by atoms with Gasteiger partial charge in [-0.3, -0.25) is 14.4 Å². The van der Waals surface area contributed by atoms with Crippen molar-refractivity contribution in [1.82, 2.24) is 15.5 Å². The van der Waals surface area contributed by atoms with Gasteiger partial charge in [0.25, 0.3) is 0 Å². The average Bonchev–Trinajstić information content (AvgIpc) is 3.51. The molecule has 0 radical (unpaired) electrons. The predicted octanol–water partition coefficient (Wildman–Crippen LogP) is 1.24. The topological polar surface area (TPSA) is 134 Å². The molecule has 10 heteroatoms. The summed E-state index contributed by atoms with van der Waals surface area (Å²) in [4.78, 5) is 50.7. The molecule has 0 spiro atoms. The molecule has 3 amide bonds. The lowest BCUT2D eigenvalue weighted by molar-refractivity contribution is -0.144. The Balaban J connectivity index is 2.23. The Morgan fingerprint density at radius 1 is 1.16 bits per heavy atom. The van der Waals surface area contributed by atoms with Crippen LogP contribution in [0.15, 0.2) is 24.3 Å². The van der Waals surface area contributed by atoms with Crippen molar-refractivity contribution in [2.75, 3.05) is 20.2 Å². The molecule has 3 N–H and O–H groups in total. The van der Waals surface area contributed by atoms with Crippen molar-refractivity contribution in [3.63, 3.8) is 0 Å². The number of amides is 3. The molecule has 1 aromatic carbocycles. The van der Waals surface area contributed by atoms with Crippen LogP contribution >= 0.6 is 0 Å². The number of benzene rings is 1. The standard InChI is InChI=1S/C21H29N3O7/c1-21(2,3)31-20(29)23-11-16(26)24(14-8-9-14)18(13-6-5-7-15(25)10-13)19(28)22-12-17(27)30-4/h5-7,10,14,18,25H,8-9,11-12H2,1-4H3,(H,22,28)(H,23,29). The summed E-state index contributed by atoms with van der Waals surface area (Å²) in [5, 5.41) is 14.8. The third-order valence-electron chi connectivity index (χ3n) is 4.36. The molecule has 1 aliphatic rings. The predicted molar refractivity (Wildman–Crippen MR) is 110 cm³/mol. The van der Waals surface area contributed by atoms with Gasteiger partial charge in [-0.1, -0.05) is 12.1 Å². The molecule has 1 unspecified atom stereocenters. The number of phenols is 1. The SMILES string of the molecule is COC(=O)CNC(=O)C(c1cccc(O)c1)N(C(=O)CNC(=O)OC(C)(C)C)C1CC1. The van der Waals surface area contributed by atoms with E-state index in [-0.39, 0.29) is 24.9 Å². The van der Waals surface area contributed by atoms with Gasteiger partial charge in [0.05, 0.1) is 7.11 Å². The zero-order valence-corrected chi connectivity index (χ0v) is 18.1. The third kappa shape index (κ3) is 7.47. The zero-order chi connectivity index (χ0) is 23.2. The first-order chi connectivity index (χ1) is 14.5. The minimum atomic E-state index is -1.10. The second-order valence-corrected chi connectivity index (χ2v) is 8.18. The van der Waals surface area contributed by atoms with E-state index in [0.717, 1.165) is 0 Å². The van der Waals surface area contributed by atoms with Gasteiger partial charge >= 0.3 is 12.1 Å². The summed E-state index contributed by atoms with van der Waals surface area (Å²) in [6.07, 6.45) is 0.635. The highest BCUT2D eigenvalue weighted by molar-refractivity contribution is 5.92. The van der Waals surface area contributed by atoms with Crippen LogP contribution in [0.2, 0.25) is 0 Å². The van der Waals surface area contributed by atoms with Gasteiger partial charge < -0.3 is 30.1 Å². The molecular formula is C21H29N3O7. The number of carbonyl (C=O) groups excluding carboxylic acids is 4. The Hall–Kier alpha value is -3.30. The monoisotopic (exact) mass is 435 g/mol. The van der Waals surface area contributed by atoms with Crippen LogP contribution in [0.5, 0.6) is 5.75 Å². The van der Waals surface area contributed by atoms with E-state index >= 15 is 0 Å². The smallest absolute Gasteiger partial charge is 0.408 e. The molecule has 31 heavy (non-hydrogen) atoms. The Bertz CT molecular complexity index is 831. The van der Waals surface area contributed by atoms with E-state index in [0.29, 0.717) is 18.4 Å². The van der Waals surface area contributed by atoms with Gasteiger partial charge in [-0.05, 0) is 51.3 Å². The summed E-state index contributed by atoms with van der Waals surface area (Å²) >= 11 is 0. The van der Waals surface area contributed by atoms with Gasteiger partial charge in [0.15, 0.2) is 0 Å². The average molecular weight is 435 g/mol. The highest BCUT2D eigenvalue weighted by Gasteiger charge is 2.41. The second-order valence-electron chi connectivity index (χ2n) is 8.18. The Kier molecular flexibility index (Phi) is 7.84. The fourth-order valence-corrected chi connectivity index (χ4v) is 2.93. The molecule has 1 fully saturated rings. The first-order valence-corrected chi connectivity index (χ1v) is 9.93. The largest absolute Gasteiger partial charge is 0.508 e. The maximum absolute atomic E-state index is 13.0. The number of hydrogen-bond acceptors (Lipinski definition) is 7. The zero-order valence-electron chi connectivity index (χ0n) is 18.1. The summed E-state index contributed by atoms with van der Waals surface area (Å²) in [6, 6.07) is 4.68. The number of alkyl carbamates (subject to hydrolysis) is 1. The number of hydrogen-bond donors (Lipinski definition) is 3. The summed E-state index contributed by atoms with van der Waals surface area (Å²) in [5.74, 6) is -1.80. The van der Waals surface area contributed by atoms with Gasteiger partial charge in [-0.15, -0.1) is 0 Å². The fourth-order valence-electron chi connectivity index (χ4n) is 2.93. The Labute approximate surface area is 180 Å². The molecule has 1 aromatic rings. The van der Waals surface area contributed by atoms with Crippen LogP contribution in [0.3, 0.4) is 0 Å². The molecule has 10 nitrogen and oxygen atoms in total. The summed E-state index contributed by atoms with van der Waals surface area (Å²) in [7, 11) is 1.20. The van der Waals surface area contributed by atoms with Crippen LogP contribution in [0.25, 0.3) is 0 Å². The van der Waals surface area contributed by atoms with Gasteiger partial charge in [0.2, 0.25) is 11.8 Å². The minimum Gasteiger partial charge on any atom is -0.508 e. The van der Waals surface area contributed by atoms with Gasteiger partial charge in [0, 0.05) is 6.04 Å². The van der Waals surface area contributed by atoms with Crippen molar-refractivity contribution in [2.45, 2.75) is 51.3 Å². The number of nitrogens with zero attached hydrogens (tertiary/aromatic N) is 1. The minimum absolute atomic E-state index is 0.0710. The molecule has 2 rings (SSSR count). The van der Waals surface area contributed by atoms with Crippen molar-refractivity contribution < 1.29 is 33.8 Å². The highest BCUT2D eigenvalue weighted by atomic mass is 16.6. The van der Waals surface area contributed by atoms with Crippen LogP contribution in [0, 0.1) is 0 Å². The molecule has 0 aliphatic heterocycles. The molecule has 0 aromatic heterocycles. The quantitative estimate of drug-likeness (QED) is 0.523. The van der Waals surface area contributed by atoms with Gasteiger partial charge in [-0.2, -0.15) is 0 Å². The fraction of sp³-hybridized carbons (Fsp3) is 0.524. The number of phenolic OH excluding ortho intramolecular Hbond substituents is 1. The van der Waals surface area contributed by atoms with Crippen molar-refractivity contribution in [3.8, 4) is 5.75 Å². The normalized spacial score (nSPS) is 14.2. The molecule has 1 aliphatic carbocycles. The highest BCUT2D eigenvalue weighted by Crippen LogP contribution is 2.35. The van der Waals surface area contributed by atoms with Gasteiger partial charge in [0.1, 0.15) is 30.5 Å². The number of rotatable bonds is 8. The number of ether oxygens (including phenoxy) is 2. The number of methoxy groups -OCH3 is 1.